The van der Waals surface area contributed by atoms with E-state index in [0.717, 1.165) is 26.0 Å². The molecule has 0 radical (unpaired) electrons. The molecule has 0 spiro atoms. The van der Waals surface area contributed by atoms with Gasteiger partial charge in [0.2, 0.25) is 5.91 Å². The lowest BCUT2D eigenvalue weighted by molar-refractivity contribution is -0.121. The summed E-state index contributed by atoms with van der Waals surface area (Å²) in [6.45, 7) is 4.34. The summed E-state index contributed by atoms with van der Waals surface area (Å²) in [4.78, 5) is 11.6. The predicted molar refractivity (Wildman–Crippen MR) is 68.6 cm³/mol. The zero-order chi connectivity index (χ0) is 12.7. The van der Waals surface area contributed by atoms with Crippen molar-refractivity contribution in [1.29, 1.82) is 0 Å². The number of amides is 1. The van der Waals surface area contributed by atoms with Crippen LogP contribution in [0.5, 0.6) is 0 Å². The number of methoxy groups -OCH3 is 1. The van der Waals surface area contributed by atoms with Crippen LogP contribution in [0.3, 0.4) is 0 Å². The number of ether oxygens (including phenoxy) is 1. The molecule has 1 fully saturated rings. The molecule has 17 heavy (non-hydrogen) atoms. The van der Waals surface area contributed by atoms with Crippen molar-refractivity contribution in [2.24, 2.45) is 17.1 Å². The van der Waals surface area contributed by atoms with Gasteiger partial charge in [0.15, 0.2) is 0 Å². The lowest BCUT2D eigenvalue weighted by Gasteiger charge is -2.16. The van der Waals surface area contributed by atoms with Gasteiger partial charge in [0.1, 0.15) is 0 Å². The van der Waals surface area contributed by atoms with Gasteiger partial charge in [-0.05, 0) is 43.6 Å². The number of rotatable bonds is 9. The fraction of sp³-hybridized carbons (Fsp3) is 0.923. The highest BCUT2D eigenvalue weighted by Gasteiger charge is 2.41. The first-order valence-electron chi connectivity index (χ1n) is 6.57. The van der Waals surface area contributed by atoms with E-state index >= 15 is 0 Å². The number of nitrogens with two attached hydrogens (primary N) is 1. The Morgan fingerprint density at radius 3 is 2.76 bits per heavy atom. The molecule has 1 amide bonds. The van der Waals surface area contributed by atoms with Crippen LogP contribution in [-0.2, 0) is 9.53 Å². The van der Waals surface area contributed by atoms with Crippen LogP contribution in [0.25, 0.3) is 0 Å². The normalized spacial score (nSPS) is 18.8. The molecule has 3 N–H and O–H groups in total. The van der Waals surface area contributed by atoms with E-state index in [9.17, 15) is 4.79 Å². The molecule has 0 aromatic rings. The Balaban J connectivity index is 2.11. The van der Waals surface area contributed by atoms with Gasteiger partial charge in [0.25, 0.3) is 0 Å². The molecule has 1 aliphatic carbocycles. The van der Waals surface area contributed by atoms with Gasteiger partial charge in [0, 0.05) is 26.7 Å². The average Bonchev–Trinajstić information content (AvgIpc) is 3.11. The van der Waals surface area contributed by atoms with Crippen molar-refractivity contribution in [1.82, 2.24) is 5.32 Å². The molecule has 0 aromatic carbocycles. The lowest BCUT2D eigenvalue weighted by Crippen LogP contribution is -2.31. The van der Waals surface area contributed by atoms with E-state index < -0.39 is 0 Å². The van der Waals surface area contributed by atoms with E-state index in [-0.39, 0.29) is 5.91 Å². The SMILES string of the molecule is COCCC1(CNC(=O)CCC(C)CN)CC1. The molecule has 1 unspecified atom stereocenters. The number of hydrogen-bond acceptors (Lipinski definition) is 3. The second-order valence-electron chi connectivity index (χ2n) is 5.40. The molecule has 1 aliphatic rings. The Hall–Kier alpha value is -0.610. The first-order valence-corrected chi connectivity index (χ1v) is 6.57. The molecular formula is C13H26N2O2. The van der Waals surface area contributed by atoms with Gasteiger partial charge in [-0.15, -0.1) is 0 Å². The molecule has 0 aromatic heterocycles. The highest BCUT2D eigenvalue weighted by molar-refractivity contribution is 5.75. The maximum atomic E-state index is 11.6. The van der Waals surface area contributed by atoms with Crippen LogP contribution < -0.4 is 11.1 Å². The van der Waals surface area contributed by atoms with E-state index in [1.165, 1.54) is 12.8 Å². The van der Waals surface area contributed by atoms with Crippen LogP contribution in [-0.4, -0.2) is 32.7 Å². The maximum Gasteiger partial charge on any atom is 0.220 e. The van der Waals surface area contributed by atoms with E-state index in [4.69, 9.17) is 10.5 Å². The minimum atomic E-state index is 0.161. The fourth-order valence-corrected chi connectivity index (χ4v) is 1.88. The third-order valence-electron chi connectivity index (χ3n) is 3.72. The molecule has 1 atom stereocenters. The Morgan fingerprint density at radius 1 is 1.53 bits per heavy atom. The number of carbonyl (C=O) groups is 1. The molecule has 0 bridgehead atoms. The van der Waals surface area contributed by atoms with Gasteiger partial charge < -0.3 is 15.8 Å². The van der Waals surface area contributed by atoms with Gasteiger partial charge in [0.05, 0.1) is 0 Å². The fourth-order valence-electron chi connectivity index (χ4n) is 1.88. The van der Waals surface area contributed by atoms with Gasteiger partial charge in [-0.3, -0.25) is 4.79 Å². The molecule has 100 valence electrons. The molecule has 1 rings (SSSR count). The first kappa shape index (κ1) is 14.5. The van der Waals surface area contributed by atoms with Crippen molar-refractivity contribution >= 4 is 5.91 Å². The number of nitrogens with one attached hydrogen (secondary N) is 1. The lowest BCUT2D eigenvalue weighted by atomic mass is 10.0. The minimum Gasteiger partial charge on any atom is -0.385 e. The molecule has 0 heterocycles. The average molecular weight is 242 g/mol. The molecule has 0 aliphatic heterocycles. The second kappa shape index (κ2) is 6.97. The summed E-state index contributed by atoms with van der Waals surface area (Å²) < 4.78 is 5.09. The standard InChI is InChI=1S/C13H26N2O2/c1-11(9-14)3-4-12(16)15-10-13(5-6-13)7-8-17-2/h11H,3-10,14H2,1-2H3,(H,15,16). The summed E-state index contributed by atoms with van der Waals surface area (Å²) >= 11 is 0. The van der Waals surface area contributed by atoms with Gasteiger partial charge in [-0.2, -0.15) is 0 Å². The highest BCUT2D eigenvalue weighted by Crippen LogP contribution is 2.48. The molecule has 1 saturated carbocycles. The van der Waals surface area contributed by atoms with Crippen LogP contribution in [0.1, 0.15) is 39.0 Å². The predicted octanol–water partition coefficient (Wildman–Crippen LogP) is 1.29. The first-order chi connectivity index (χ1) is 8.12. The molecular weight excluding hydrogens is 216 g/mol. The molecule has 4 nitrogen and oxygen atoms in total. The second-order valence-corrected chi connectivity index (χ2v) is 5.40. The smallest absolute Gasteiger partial charge is 0.220 e. The van der Waals surface area contributed by atoms with Crippen molar-refractivity contribution < 1.29 is 9.53 Å². The summed E-state index contributed by atoms with van der Waals surface area (Å²) in [5.74, 6) is 0.595. The van der Waals surface area contributed by atoms with Crippen LogP contribution >= 0.6 is 0 Å². The summed E-state index contributed by atoms with van der Waals surface area (Å²) in [5, 5.41) is 3.04. The Bertz CT molecular complexity index is 240. The van der Waals surface area contributed by atoms with Crippen LogP contribution in [0, 0.1) is 11.3 Å². The highest BCUT2D eigenvalue weighted by atomic mass is 16.5. The number of carbonyl (C=O) groups excluding carboxylic acids is 1. The van der Waals surface area contributed by atoms with Gasteiger partial charge in [-0.1, -0.05) is 6.92 Å². The summed E-state index contributed by atoms with van der Waals surface area (Å²) in [7, 11) is 1.73. The van der Waals surface area contributed by atoms with Crippen LogP contribution in [0.2, 0.25) is 0 Å². The molecule has 0 saturated heterocycles. The quantitative estimate of drug-likeness (QED) is 0.640. The Labute approximate surface area is 104 Å². The van der Waals surface area contributed by atoms with Gasteiger partial charge in [-0.25, -0.2) is 0 Å². The zero-order valence-corrected chi connectivity index (χ0v) is 11.1. The van der Waals surface area contributed by atoms with Crippen LogP contribution in [0.4, 0.5) is 0 Å². The summed E-state index contributed by atoms with van der Waals surface area (Å²) in [5.41, 5.74) is 5.86. The van der Waals surface area contributed by atoms with E-state index in [0.29, 0.717) is 24.3 Å². The van der Waals surface area contributed by atoms with E-state index in [1.807, 2.05) is 0 Å². The van der Waals surface area contributed by atoms with Gasteiger partial charge >= 0.3 is 0 Å². The third kappa shape index (κ3) is 5.50. The van der Waals surface area contributed by atoms with Crippen molar-refractivity contribution in [3.63, 3.8) is 0 Å². The Morgan fingerprint density at radius 2 is 2.24 bits per heavy atom. The topological polar surface area (TPSA) is 64.3 Å². The molecule has 4 heteroatoms. The van der Waals surface area contributed by atoms with Crippen molar-refractivity contribution in [2.75, 3.05) is 26.8 Å². The third-order valence-corrected chi connectivity index (χ3v) is 3.72. The Kier molecular flexibility index (Phi) is 5.92. The number of hydrogen-bond donors (Lipinski definition) is 2. The zero-order valence-electron chi connectivity index (χ0n) is 11.1. The van der Waals surface area contributed by atoms with Crippen molar-refractivity contribution in [3.8, 4) is 0 Å². The van der Waals surface area contributed by atoms with Crippen molar-refractivity contribution in [3.05, 3.63) is 0 Å². The largest absolute Gasteiger partial charge is 0.385 e. The summed E-state index contributed by atoms with van der Waals surface area (Å²) in [6.07, 6.45) is 4.97. The van der Waals surface area contributed by atoms with E-state index in [2.05, 4.69) is 12.2 Å². The monoisotopic (exact) mass is 242 g/mol. The summed E-state index contributed by atoms with van der Waals surface area (Å²) in [6, 6.07) is 0. The van der Waals surface area contributed by atoms with Crippen LogP contribution in [0.15, 0.2) is 0 Å². The minimum absolute atomic E-state index is 0.161. The maximum absolute atomic E-state index is 11.6. The van der Waals surface area contributed by atoms with E-state index in [1.54, 1.807) is 7.11 Å². The van der Waals surface area contributed by atoms with Crippen molar-refractivity contribution in [2.45, 2.75) is 39.0 Å².